The topological polar surface area (TPSA) is 66.8 Å². The summed E-state index contributed by atoms with van der Waals surface area (Å²) in [5.74, 6) is -2.48. The van der Waals surface area contributed by atoms with Gasteiger partial charge < -0.3 is 14.7 Å². The molecule has 0 radical (unpaired) electrons. The van der Waals surface area contributed by atoms with Crippen LogP contribution in [-0.4, -0.2) is 35.3 Å². The number of para-hydroxylation sites is 1. The zero-order valence-corrected chi connectivity index (χ0v) is 13.8. The minimum atomic E-state index is -4.81. The molecule has 1 amide bonds. The van der Waals surface area contributed by atoms with Gasteiger partial charge in [0.1, 0.15) is 5.75 Å². The number of carboxylic acids is 1. The second-order valence-corrected chi connectivity index (χ2v) is 6.25. The van der Waals surface area contributed by atoms with Gasteiger partial charge in [0.15, 0.2) is 0 Å². The number of halogens is 3. The van der Waals surface area contributed by atoms with E-state index in [9.17, 15) is 22.8 Å². The Kier molecular flexibility index (Phi) is 5.92. The largest absolute Gasteiger partial charge is 0.573 e. The second-order valence-electron chi connectivity index (χ2n) is 6.25. The molecule has 0 aliphatic heterocycles. The van der Waals surface area contributed by atoms with Crippen LogP contribution in [0.5, 0.6) is 5.75 Å². The molecule has 0 heterocycles. The van der Waals surface area contributed by atoms with E-state index in [1.54, 1.807) is 6.07 Å². The second kappa shape index (κ2) is 7.76. The summed E-state index contributed by atoms with van der Waals surface area (Å²) in [6.45, 7) is -0.0423. The van der Waals surface area contributed by atoms with Crippen LogP contribution in [0.2, 0.25) is 0 Å². The summed E-state index contributed by atoms with van der Waals surface area (Å²) >= 11 is 0. The molecule has 0 spiro atoms. The molecule has 2 rings (SSSR count). The summed E-state index contributed by atoms with van der Waals surface area (Å²) in [5.41, 5.74) is 0.237. The van der Waals surface area contributed by atoms with Gasteiger partial charge in [0.2, 0.25) is 5.91 Å². The molecule has 1 fully saturated rings. The lowest BCUT2D eigenvalue weighted by Crippen LogP contribution is -2.36. The summed E-state index contributed by atoms with van der Waals surface area (Å²) in [4.78, 5) is 25.0. The van der Waals surface area contributed by atoms with Crippen LogP contribution in [0.3, 0.4) is 0 Å². The molecule has 138 valence electrons. The Balaban J connectivity index is 2.05. The van der Waals surface area contributed by atoms with Gasteiger partial charge >= 0.3 is 12.3 Å². The van der Waals surface area contributed by atoms with E-state index in [1.807, 2.05) is 0 Å². The van der Waals surface area contributed by atoms with Crippen LogP contribution in [0.4, 0.5) is 13.2 Å². The summed E-state index contributed by atoms with van der Waals surface area (Å²) < 4.78 is 41.4. The number of hydrogen-bond acceptors (Lipinski definition) is 3. The Bertz CT molecular complexity index is 633. The predicted octanol–water partition coefficient (Wildman–Crippen LogP) is 3.43. The Labute approximate surface area is 143 Å². The number of rotatable bonds is 5. The third kappa shape index (κ3) is 5.37. The molecule has 0 bridgehead atoms. The van der Waals surface area contributed by atoms with E-state index in [0.29, 0.717) is 19.3 Å². The predicted molar refractivity (Wildman–Crippen MR) is 82.7 cm³/mol. The number of alkyl halides is 3. The molecule has 2 unspecified atom stereocenters. The first-order valence-electron chi connectivity index (χ1n) is 7.99. The molecular weight excluding hydrogens is 339 g/mol. The molecule has 5 nitrogen and oxygen atoms in total. The average Bonchev–Trinajstić information content (AvgIpc) is 2.54. The van der Waals surface area contributed by atoms with Crippen LogP contribution in [0.15, 0.2) is 24.3 Å². The van der Waals surface area contributed by atoms with Crippen LogP contribution in [0, 0.1) is 11.8 Å². The molecule has 0 aromatic heterocycles. The molecule has 1 saturated carbocycles. The first-order chi connectivity index (χ1) is 11.7. The fourth-order valence-electron chi connectivity index (χ4n) is 3.14. The van der Waals surface area contributed by atoms with Crippen molar-refractivity contribution in [2.75, 3.05) is 7.05 Å². The average molecular weight is 359 g/mol. The van der Waals surface area contributed by atoms with Gasteiger partial charge in [0, 0.05) is 25.1 Å². The van der Waals surface area contributed by atoms with E-state index in [-0.39, 0.29) is 30.2 Å². The van der Waals surface area contributed by atoms with E-state index < -0.39 is 24.2 Å². The Morgan fingerprint density at radius 2 is 1.88 bits per heavy atom. The molecule has 2 atom stereocenters. The standard InChI is InChI=1S/C17H20F3NO4/c1-21(15(22)11-6-4-7-12(9-11)16(23)24)10-13-5-2-3-8-14(13)25-17(18,19)20/h2-3,5,8,11-12H,4,6-7,9-10H2,1H3,(H,23,24). The highest BCUT2D eigenvalue weighted by Gasteiger charge is 2.34. The Morgan fingerprint density at radius 3 is 2.52 bits per heavy atom. The number of benzene rings is 1. The van der Waals surface area contributed by atoms with Crippen LogP contribution in [0.1, 0.15) is 31.2 Å². The van der Waals surface area contributed by atoms with Crippen molar-refractivity contribution in [3.8, 4) is 5.75 Å². The van der Waals surface area contributed by atoms with Crippen molar-refractivity contribution in [1.29, 1.82) is 0 Å². The molecular formula is C17H20F3NO4. The fourth-order valence-corrected chi connectivity index (χ4v) is 3.14. The van der Waals surface area contributed by atoms with Gasteiger partial charge in [-0.05, 0) is 25.3 Å². The van der Waals surface area contributed by atoms with Crippen molar-refractivity contribution in [3.05, 3.63) is 29.8 Å². The quantitative estimate of drug-likeness (QED) is 0.875. The zero-order chi connectivity index (χ0) is 18.6. The number of ether oxygens (including phenoxy) is 1. The number of aliphatic carboxylic acids is 1. The van der Waals surface area contributed by atoms with Gasteiger partial charge in [-0.2, -0.15) is 0 Å². The Morgan fingerprint density at radius 1 is 1.24 bits per heavy atom. The van der Waals surface area contributed by atoms with Crippen LogP contribution < -0.4 is 4.74 Å². The lowest BCUT2D eigenvalue weighted by molar-refractivity contribution is -0.275. The minimum Gasteiger partial charge on any atom is -0.481 e. The number of carboxylic acid groups (broad SMARTS) is 1. The van der Waals surface area contributed by atoms with E-state index >= 15 is 0 Å². The summed E-state index contributed by atoms with van der Waals surface area (Å²) in [5, 5.41) is 9.11. The van der Waals surface area contributed by atoms with Crippen molar-refractivity contribution in [3.63, 3.8) is 0 Å². The van der Waals surface area contributed by atoms with E-state index in [4.69, 9.17) is 5.11 Å². The van der Waals surface area contributed by atoms with E-state index in [1.165, 1.54) is 30.1 Å². The van der Waals surface area contributed by atoms with Crippen molar-refractivity contribution in [1.82, 2.24) is 4.90 Å². The molecule has 8 heteroatoms. The fraction of sp³-hybridized carbons (Fsp3) is 0.529. The number of hydrogen-bond donors (Lipinski definition) is 1. The smallest absolute Gasteiger partial charge is 0.481 e. The number of amides is 1. The molecule has 1 N–H and O–H groups in total. The lowest BCUT2D eigenvalue weighted by atomic mass is 9.81. The number of carbonyl (C=O) groups excluding carboxylic acids is 1. The maximum atomic E-state index is 12.5. The van der Waals surface area contributed by atoms with Gasteiger partial charge in [-0.15, -0.1) is 13.2 Å². The van der Waals surface area contributed by atoms with Gasteiger partial charge in [0.05, 0.1) is 5.92 Å². The monoisotopic (exact) mass is 359 g/mol. The third-order valence-corrected chi connectivity index (χ3v) is 4.35. The van der Waals surface area contributed by atoms with Crippen molar-refractivity contribution < 1.29 is 32.6 Å². The zero-order valence-electron chi connectivity index (χ0n) is 13.8. The molecule has 25 heavy (non-hydrogen) atoms. The molecule has 1 aliphatic carbocycles. The minimum absolute atomic E-state index is 0.0423. The normalized spacial score (nSPS) is 20.8. The lowest BCUT2D eigenvalue weighted by Gasteiger charge is -2.29. The molecule has 1 aromatic rings. The van der Waals surface area contributed by atoms with E-state index in [2.05, 4.69) is 4.74 Å². The summed E-state index contributed by atoms with van der Waals surface area (Å²) in [7, 11) is 1.50. The summed E-state index contributed by atoms with van der Waals surface area (Å²) in [6, 6.07) is 5.65. The maximum absolute atomic E-state index is 12.5. The highest BCUT2D eigenvalue weighted by atomic mass is 19.4. The molecule has 0 saturated heterocycles. The van der Waals surface area contributed by atoms with Crippen LogP contribution in [-0.2, 0) is 16.1 Å². The van der Waals surface area contributed by atoms with Crippen molar-refractivity contribution in [2.24, 2.45) is 11.8 Å². The van der Waals surface area contributed by atoms with Crippen LogP contribution in [0.25, 0.3) is 0 Å². The van der Waals surface area contributed by atoms with Crippen LogP contribution >= 0.6 is 0 Å². The van der Waals surface area contributed by atoms with Gasteiger partial charge in [-0.1, -0.05) is 24.6 Å². The highest BCUT2D eigenvalue weighted by Crippen LogP contribution is 2.32. The number of nitrogens with zero attached hydrogens (tertiary/aromatic N) is 1. The maximum Gasteiger partial charge on any atom is 0.573 e. The Hall–Kier alpha value is -2.25. The highest BCUT2D eigenvalue weighted by molar-refractivity contribution is 5.80. The van der Waals surface area contributed by atoms with Gasteiger partial charge in [0.25, 0.3) is 0 Å². The van der Waals surface area contributed by atoms with E-state index in [0.717, 1.165) is 0 Å². The molecule has 1 aromatic carbocycles. The number of carbonyl (C=O) groups is 2. The van der Waals surface area contributed by atoms with Crippen molar-refractivity contribution in [2.45, 2.75) is 38.6 Å². The third-order valence-electron chi connectivity index (χ3n) is 4.35. The van der Waals surface area contributed by atoms with Crippen molar-refractivity contribution >= 4 is 11.9 Å². The van der Waals surface area contributed by atoms with Gasteiger partial charge in [-0.3, -0.25) is 9.59 Å². The summed E-state index contributed by atoms with van der Waals surface area (Å²) in [6.07, 6.45) is -2.76. The first kappa shape index (κ1) is 19.1. The first-order valence-corrected chi connectivity index (χ1v) is 7.99. The SMILES string of the molecule is CN(Cc1ccccc1OC(F)(F)F)C(=O)C1CCCC(C(=O)O)C1. The molecule has 1 aliphatic rings. The van der Waals surface area contributed by atoms with Gasteiger partial charge in [-0.25, -0.2) is 0 Å².